The Balaban J connectivity index is 1.80. The van der Waals surface area contributed by atoms with Gasteiger partial charge in [-0.1, -0.05) is 12.1 Å². The molecule has 1 fully saturated rings. The molecular weight excluding hydrogens is 230 g/mol. The van der Waals surface area contributed by atoms with E-state index in [-0.39, 0.29) is 11.8 Å². The summed E-state index contributed by atoms with van der Waals surface area (Å²) in [6.45, 7) is 2.11. The predicted octanol–water partition coefficient (Wildman–Crippen LogP) is -0.336. The molecule has 2 amide bonds. The van der Waals surface area contributed by atoms with Gasteiger partial charge in [0, 0.05) is 25.2 Å². The van der Waals surface area contributed by atoms with Crippen molar-refractivity contribution in [3.63, 3.8) is 0 Å². The third kappa shape index (κ3) is 3.07. The van der Waals surface area contributed by atoms with Crippen molar-refractivity contribution in [2.24, 2.45) is 11.7 Å². The second-order valence-corrected chi connectivity index (χ2v) is 4.46. The molecule has 0 spiro atoms. The first-order chi connectivity index (χ1) is 8.66. The average Bonchev–Trinajstić information content (AvgIpc) is 2.27. The van der Waals surface area contributed by atoms with E-state index in [1.165, 1.54) is 0 Å². The number of carbonyl (C=O) groups is 2. The van der Waals surface area contributed by atoms with E-state index in [0.29, 0.717) is 18.5 Å². The van der Waals surface area contributed by atoms with Crippen molar-refractivity contribution >= 4 is 11.8 Å². The number of rotatable bonds is 5. The van der Waals surface area contributed by atoms with Crippen LogP contribution in [0.5, 0.6) is 0 Å². The van der Waals surface area contributed by atoms with Crippen LogP contribution in [0.1, 0.15) is 15.9 Å². The number of hydrogen-bond donors (Lipinski definition) is 3. The molecule has 0 radical (unpaired) electrons. The van der Waals surface area contributed by atoms with Crippen molar-refractivity contribution < 1.29 is 9.59 Å². The summed E-state index contributed by atoms with van der Waals surface area (Å²) in [7, 11) is 0. The first-order valence-corrected chi connectivity index (χ1v) is 6.04. The molecule has 1 saturated heterocycles. The lowest BCUT2D eigenvalue weighted by atomic mass is 10.0. The molecule has 1 aromatic rings. The van der Waals surface area contributed by atoms with E-state index >= 15 is 0 Å². The number of primary amides is 1. The summed E-state index contributed by atoms with van der Waals surface area (Å²) >= 11 is 0. The van der Waals surface area contributed by atoms with Crippen molar-refractivity contribution in [3.05, 3.63) is 35.4 Å². The number of carbonyl (C=O) groups excluding carboxylic acids is 2. The second-order valence-electron chi connectivity index (χ2n) is 4.46. The third-order valence-electron chi connectivity index (χ3n) is 3.08. The summed E-state index contributed by atoms with van der Waals surface area (Å²) < 4.78 is 0. The summed E-state index contributed by atoms with van der Waals surface area (Å²) in [6, 6.07) is 7.17. The van der Waals surface area contributed by atoms with Crippen LogP contribution in [-0.4, -0.2) is 31.4 Å². The molecule has 5 heteroatoms. The van der Waals surface area contributed by atoms with E-state index in [9.17, 15) is 9.59 Å². The summed E-state index contributed by atoms with van der Waals surface area (Å²) in [5, 5.41) is 5.94. The highest BCUT2D eigenvalue weighted by Gasteiger charge is 2.23. The van der Waals surface area contributed by atoms with Gasteiger partial charge in [-0.15, -0.1) is 0 Å². The number of nitrogens with two attached hydrogens (primary N) is 1. The van der Waals surface area contributed by atoms with Crippen LogP contribution < -0.4 is 16.4 Å². The molecular formula is C13H17N3O2. The first kappa shape index (κ1) is 12.6. The minimum atomic E-state index is -0.429. The van der Waals surface area contributed by atoms with E-state index in [1.807, 2.05) is 6.07 Å². The Bertz CT molecular complexity index is 455. The van der Waals surface area contributed by atoms with Gasteiger partial charge < -0.3 is 16.4 Å². The lowest BCUT2D eigenvalue weighted by Crippen LogP contribution is -2.51. The van der Waals surface area contributed by atoms with Gasteiger partial charge >= 0.3 is 0 Å². The Morgan fingerprint density at radius 1 is 1.39 bits per heavy atom. The molecule has 1 aliphatic heterocycles. The normalized spacial score (nSPS) is 14.9. The number of hydrogen-bond acceptors (Lipinski definition) is 3. The molecule has 0 aliphatic carbocycles. The predicted molar refractivity (Wildman–Crippen MR) is 68.0 cm³/mol. The highest BCUT2D eigenvalue weighted by Crippen LogP contribution is 2.06. The van der Waals surface area contributed by atoms with Crippen molar-refractivity contribution in [1.82, 2.24) is 10.6 Å². The number of amides is 2. The summed E-state index contributed by atoms with van der Waals surface area (Å²) in [4.78, 5) is 22.6. The van der Waals surface area contributed by atoms with E-state index in [2.05, 4.69) is 10.6 Å². The van der Waals surface area contributed by atoms with Gasteiger partial charge in [0.15, 0.2) is 0 Å². The highest BCUT2D eigenvalue weighted by molar-refractivity contribution is 5.92. The van der Waals surface area contributed by atoms with Crippen LogP contribution in [-0.2, 0) is 11.2 Å². The molecule has 2 rings (SSSR count). The van der Waals surface area contributed by atoms with Gasteiger partial charge in [-0.3, -0.25) is 9.59 Å². The van der Waals surface area contributed by atoms with Crippen LogP contribution in [0.3, 0.4) is 0 Å². The van der Waals surface area contributed by atoms with Gasteiger partial charge in [-0.25, -0.2) is 0 Å². The Morgan fingerprint density at radius 2 is 2.17 bits per heavy atom. The van der Waals surface area contributed by atoms with Crippen LogP contribution in [0.2, 0.25) is 0 Å². The molecule has 1 aliphatic rings. The second kappa shape index (κ2) is 5.64. The van der Waals surface area contributed by atoms with Crippen LogP contribution >= 0.6 is 0 Å². The SMILES string of the molecule is NC(=O)c1cccc(CCNC(=O)C2CNC2)c1. The minimum Gasteiger partial charge on any atom is -0.366 e. The average molecular weight is 247 g/mol. The van der Waals surface area contributed by atoms with Gasteiger partial charge in [0.25, 0.3) is 0 Å². The molecule has 0 atom stereocenters. The maximum absolute atomic E-state index is 11.6. The van der Waals surface area contributed by atoms with E-state index in [0.717, 1.165) is 18.7 Å². The topological polar surface area (TPSA) is 84.2 Å². The van der Waals surface area contributed by atoms with E-state index < -0.39 is 5.91 Å². The van der Waals surface area contributed by atoms with E-state index in [4.69, 9.17) is 5.73 Å². The standard InChI is InChI=1S/C13H17N3O2/c14-12(17)10-3-1-2-9(6-10)4-5-16-13(18)11-7-15-8-11/h1-3,6,11,15H,4-5,7-8H2,(H2,14,17)(H,16,18). The van der Waals surface area contributed by atoms with Crippen molar-refractivity contribution in [3.8, 4) is 0 Å². The van der Waals surface area contributed by atoms with Crippen LogP contribution in [0.4, 0.5) is 0 Å². The van der Waals surface area contributed by atoms with Gasteiger partial charge in [0.1, 0.15) is 0 Å². The zero-order chi connectivity index (χ0) is 13.0. The van der Waals surface area contributed by atoms with Crippen molar-refractivity contribution in [1.29, 1.82) is 0 Å². The number of benzene rings is 1. The van der Waals surface area contributed by atoms with Gasteiger partial charge in [0.2, 0.25) is 11.8 Å². The third-order valence-corrected chi connectivity index (χ3v) is 3.08. The first-order valence-electron chi connectivity index (χ1n) is 6.04. The smallest absolute Gasteiger partial charge is 0.248 e. The lowest BCUT2D eigenvalue weighted by molar-refractivity contribution is -0.126. The monoisotopic (exact) mass is 247 g/mol. The fourth-order valence-corrected chi connectivity index (χ4v) is 1.83. The van der Waals surface area contributed by atoms with Gasteiger partial charge in [-0.05, 0) is 24.1 Å². The molecule has 96 valence electrons. The molecule has 0 bridgehead atoms. The van der Waals surface area contributed by atoms with Crippen LogP contribution in [0.15, 0.2) is 24.3 Å². The maximum Gasteiger partial charge on any atom is 0.248 e. The van der Waals surface area contributed by atoms with Crippen molar-refractivity contribution in [2.45, 2.75) is 6.42 Å². The molecule has 0 aromatic heterocycles. The van der Waals surface area contributed by atoms with Gasteiger partial charge in [-0.2, -0.15) is 0 Å². The molecule has 1 aromatic carbocycles. The van der Waals surface area contributed by atoms with Crippen LogP contribution in [0.25, 0.3) is 0 Å². The van der Waals surface area contributed by atoms with Crippen LogP contribution in [0, 0.1) is 5.92 Å². The fraction of sp³-hybridized carbons (Fsp3) is 0.385. The Labute approximate surface area is 106 Å². The maximum atomic E-state index is 11.6. The molecule has 1 heterocycles. The quantitative estimate of drug-likeness (QED) is 0.665. The Hall–Kier alpha value is -1.88. The molecule has 5 nitrogen and oxygen atoms in total. The van der Waals surface area contributed by atoms with Crippen molar-refractivity contribution in [2.75, 3.05) is 19.6 Å². The molecule has 0 unspecified atom stereocenters. The molecule has 0 saturated carbocycles. The van der Waals surface area contributed by atoms with E-state index in [1.54, 1.807) is 18.2 Å². The number of nitrogens with one attached hydrogen (secondary N) is 2. The summed E-state index contributed by atoms with van der Waals surface area (Å²) in [5.41, 5.74) is 6.71. The largest absolute Gasteiger partial charge is 0.366 e. The minimum absolute atomic E-state index is 0.0970. The molecule has 18 heavy (non-hydrogen) atoms. The Kier molecular flexibility index (Phi) is 3.94. The zero-order valence-electron chi connectivity index (χ0n) is 10.1. The lowest BCUT2D eigenvalue weighted by Gasteiger charge is -2.25. The fourth-order valence-electron chi connectivity index (χ4n) is 1.83. The highest BCUT2D eigenvalue weighted by atomic mass is 16.2. The summed E-state index contributed by atoms with van der Waals surface area (Å²) in [5.74, 6) is -0.219. The zero-order valence-corrected chi connectivity index (χ0v) is 10.1. The Morgan fingerprint density at radius 3 is 2.78 bits per heavy atom. The molecule has 4 N–H and O–H groups in total. The van der Waals surface area contributed by atoms with Gasteiger partial charge in [0.05, 0.1) is 5.92 Å². The summed E-state index contributed by atoms with van der Waals surface area (Å²) in [6.07, 6.45) is 0.701.